The smallest absolute Gasteiger partial charge is 0.410 e. The molecule has 3 rings (SSSR count). The van der Waals surface area contributed by atoms with E-state index in [1.807, 2.05) is 26.8 Å². The number of rotatable bonds is 4. The Hall–Kier alpha value is -3.36. The molecule has 9 nitrogen and oxygen atoms in total. The number of anilines is 1. The van der Waals surface area contributed by atoms with Crippen LogP contribution in [0.1, 0.15) is 42.4 Å². The van der Waals surface area contributed by atoms with Crippen LogP contribution in [0.5, 0.6) is 0 Å². The summed E-state index contributed by atoms with van der Waals surface area (Å²) in [4.78, 5) is 38.5. The Bertz CT molecular complexity index is 946. The predicted molar refractivity (Wildman–Crippen MR) is 111 cm³/mol. The molecular weight excluding hydrogens is 386 g/mol. The van der Waals surface area contributed by atoms with Gasteiger partial charge in [0.1, 0.15) is 11.4 Å². The molecule has 1 aromatic heterocycles. The minimum Gasteiger partial charge on any atom is -0.444 e. The molecule has 0 saturated carbocycles. The first-order valence-electron chi connectivity index (χ1n) is 9.80. The van der Waals surface area contributed by atoms with E-state index in [1.165, 1.54) is 0 Å². The molecular formula is C21H27N5O4. The van der Waals surface area contributed by atoms with Gasteiger partial charge in [-0.25, -0.2) is 4.79 Å². The quantitative estimate of drug-likeness (QED) is 0.798. The second-order valence-corrected chi connectivity index (χ2v) is 8.15. The molecule has 1 aliphatic heterocycles. The molecule has 2 heterocycles. The number of nitrogens with one attached hydrogen (secondary N) is 2. The van der Waals surface area contributed by atoms with Gasteiger partial charge >= 0.3 is 6.09 Å². The zero-order chi connectivity index (χ0) is 21.9. The lowest BCUT2D eigenvalue weighted by Crippen LogP contribution is -2.40. The van der Waals surface area contributed by atoms with E-state index in [-0.39, 0.29) is 18.4 Å². The highest BCUT2D eigenvalue weighted by Crippen LogP contribution is 2.26. The van der Waals surface area contributed by atoms with Gasteiger partial charge in [-0.15, -0.1) is 0 Å². The van der Waals surface area contributed by atoms with Crippen LogP contribution >= 0.6 is 0 Å². The monoisotopic (exact) mass is 413 g/mol. The van der Waals surface area contributed by atoms with Crippen molar-refractivity contribution >= 4 is 23.7 Å². The number of benzene rings is 1. The molecule has 2 N–H and O–H groups in total. The van der Waals surface area contributed by atoms with Crippen molar-refractivity contribution in [2.75, 3.05) is 18.4 Å². The van der Waals surface area contributed by atoms with Gasteiger partial charge in [-0.2, -0.15) is 5.10 Å². The normalized spacial score (nSPS) is 13.4. The molecule has 0 spiro atoms. The highest BCUT2D eigenvalue weighted by atomic mass is 16.6. The van der Waals surface area contributed by atoms with Crippen molar-refractivity contribution in [1.29, 1.82) is 0 Å². The summed E-state index contributed by atoms with van der Waals surface area (Å²) in [7, 11) is 1.73. The first-order valence-corrected chi connectivity index (χ1v) is 9.80. The summed E-state index contributed by atoms with van der Waals surface area (Å²) in [6.45, 7) is 6.08. The molecule has 2 aromatic rings. The summed E-state index contributed by atoms with van der Waals surface area (Å²) >= 11 is 0. The Kier molecular flexibility index (Phi) is 6.09. The van der Waals surface area contributed by atoms with Gasteiger partial charge in [-0.1, -0.05) is 18.2 Å². The minimum atomic E-state index is -0.583. The van der Waals surface area contributed by atoms with Crippen LogP contribution in [0.25, 0.3) is 0 Å². The van der Waals surface area contributed by atoms with Gasteiger partial charge in [0, 0.05) is 31.1 Å². The summed E-state index contributed by atoms with van der Waals surface area (Å²) in [5.41, 5.74) is 1.51. The maximum atomic E-state index is 12.4. The van der Waals surface area contributed by atoms with E-state index in [0.717, 1.165) is 11.3 Å². The fourth-order valence-corrected chi connectivity index (χ4v) is 3.17. The molecule has 1 aromatic carbocycles. The lowest BCUT2D eigenvalue weighted by Gasteiger charge is -2.29. The summed E-state index contributed by atoms with van der Waals surface area (Å²) in [5, 5.41) is 9.85. The van der Waals surface area contributed by atoms with E-state index < -0.39 is 11.7 Å². The van der Waals surface area contributed by atoms with Gasteiger partial charge in [0.25, 0.3) is 5.91 Å². The number of aryl methyl sites for hydroxylation is 1. The Balaban J connectivity index is 1.64. The van der Waals surface area contributed by atoms with E-state index in [9.17, 15) is 14.4 Å². The second kappa shape index (κ2) is 8.56. The Morgan fingerprint density at radius 1 is 1.17 bits per heavy atom. The summed E-state index contributed by atoms with van der Waals surface area (Å²) in [6.07, 6.45) is 0.174. The van der Waals surface area contributed by atoms with Crippen molar-refractivity contribution < 1.29 is 19.1 Å². The van der Waals surface area contributed by atoms with Crippen molar-refractivity contribution in [1.82, 2.24) is 20.0 Å². The number of ether oxygens (including phenoxy) is 1. The van der Waals surface area contributed by atoms with E-state index >= 15 is 0 Å². The summed E-state index contributed by atoms with van der Waals surface area (Å²) in [6, 6.07) is 8.68. The largest absolute Gasteiger partial charge is 0.444 e. The predicted octanol–water partition coefficient (Wildman–Crippen LogP) is 2.08. The average Bonchev–Trinajstić information content (AvgIpc) is 3.00. The van der Waals surface area contributed by atoms with Gasteiger partial charge < -0.3 is 20.3 Å². The molecule has 1 aliphatic rings. The fraction of sp³-hybridized carbons (Fsp3) is 0.429. The van der Waals surface area contributed by atoms with Gasteiger partial charge in [0.15, 0.2) is 0 Å². The van der Waals surface area contributed by atoms with Crippen LogP contribution in [0, 0.1) is 0 Å². The third kappa shape index (κ3) is 5.16. The Morgan fingerprint density at radius 3 is 2.53 bits per heavy atom. The first kappa shape index (κ1) is 21.4. The van der Waals surface area contributed by atoms with Crippen LogP contribution in [-0.4, -0.2) is 51.3 Å². The lowest BCUT2D eigenvalue weighted by atomic mass is 10.1. The minimum absolute atomic E-state index is 0.177. The molecule has 3 amide bonds. The van der Waals surface area contributed by atoms with E-state index in [0.29, 0.717) is 30.9 Å². The van der Waals surface area contributed by atoms with Crippen LogP contribution in [0.2, 0.25) is 0 Å². The zero-order valence-corrected chi connectivity index (χ0v) is 17.7. The van der Waals surface area contributed by atoms with E-state index in [1.54, 1.807) is 40.9 Å². The molecule has 0 unspecified atom stereocenters. The molecule has 0 aliphatic carbocycles. The molecule has 9 heteroatoms. The molecule has 0 bridgehead atoms. The van der Waals surface area contributed by atoms with Crippen molar-refractivity contribution in [3.63, 3.8) is 0 Å². The summed E-state index contributed by atoms with van der Waals surface area (Å²) < 4.78 is 7.04. The van der Waals surface area contributed by atoms with Crippen LogP contribution in [-0.2, 0) is 29.5 Å². The van der Waals surface area contributed by atoms with Gasteiger partial charge in [0.2, 0.25) is 5.91 Å². The topological polar surface area (TPSA) is 106 Å². The molecule has 0 saturated heterocycles. The molecule has 0 fully saturated rings. The number of hydrogen-bond donors (Lipinski definition) is 2. The van der Waals surface area contributed by atoms with Crippen LogP contribution in [0.15, 0.2) is 30.3 Å². The van der Waals surface area contributed by atoms with Crippen molar-refractivity contribution in [3.05, 3.63) is 47.2 Å². The Labute approximate surface area is 175 Å². The van der Waals surface area contributed by atoms with Crippen LogP contribution < -0.4 is 10.6 Å². The Morgan fingerprint density at radius 2 is 1.87 bits per heavy atom. The maximum Gasteiger partial charge on any atom is 0.410 e. The molecule has 160 valence electrons. The zero-order valence-electron chi connectivity index (χ0n) is 17.7. The average molecular weight is 413 g/mol. The van der Waals surface area contributed by atoms with Crippen molar-refractivity contribution in [2.24, 2.45) is 7.05 Å². The highest BCUT2D eigenvalue weighted by Gasteiger charge is 2.30. The molecule has 0 atom stereocenters. The van der Waals surface area contributed by atoms with Crippen molar-refractivity contribution in [3.8, 4) is 0 Å². The van der Waals surface area contributed by atoms with Gasteiger partial charge in [0.05, 0.1) is 18.8 Å². The van der Waals surface area contributed by atoms with E-state index in [2.05, 4.69) is 15.7 Å². The fourth-order valence-electron chi connectivity index (χ4n) is 3.17. The first-order chi connectivity index (χ1) is 14.1. The number of carbonyl (C=O) groups is 3. The lowest BCUT2D eigenvalue weighted by molar-refractivity contribution is -0.115. The van der Waals surface area contributed by atoms with Crippen LogP contribution in [0.3, 0.4) is 0 Å². The van der Waals surface area contributed by atoms with Crippen LogP contribution in [0.4, 0.5) is 10.6 Å². The highest BCUT2D eigenvalue weighted by molar-refractivity contribution is 5.99. The SMILES string of the molecule is Cn1nc2c(c1NC(=O)CNC(=O)c1ccccc1)CN(C(=O)OC(C)(C)C)CC2. The third-order valence-electron chi connectivity index (χ3n) is 4.55. The molecule has 0 radical (unpaired) electrons. The van der Waals surface area contributed by atoms with Gasteiger partial charge in [-0.05, 0) is 32.9 Å². The molecule has 30 heavy (non-hydrogen) atoms. The number of amides is 3. The summed E-state index contributed by atoms with van der Waals surface area (Å²) in [5.74, 6) is -0.189. The number of aromatic nitrogens is 2. The number of fused-ring (bicyclic) bond motifs is 1. The third-order valence-corrected chi connectivity index (χ3v) is 4.55. The standard InChI is InChI=1S/C21H27N5O4/c1-21(2,3)30-20(29)26-11-10-16-15(13-26)18(25(4)24-16)23-17(27)12-22-19(28)14-8-6-5-7-9-14/h5-9H,10-13H2,1-4H3,(H,22,28)(H,23,27). The van der Waals surface area contributed by atoms with Crippen molar-refractivity contribution in [2.45, 2.75) is 39.3 Å². The van der Waals surface area contributed by atoms with E-state index in [4.69, 9.17) is 4.74 Å². The maximum absolute atomic E-state index is 12.4. The second-order valence-electron chi connectivity index (χ2n) is 8.15. The number of hydrogen-bond acceptors (Lipinski definition) is 5. The number of carbonyl (C=O) groups excluding carboxylic acids is 3. The number of nitrogens with zero attached hydrogens (tertiary/aromatic N) is 3. The van der Waals surface area contributed by atoms with Gasteiger partial charge in [-0.3, -0.25) is 14.3 Å².